The van der Waals surface area contributed by atoms with Gasteiger partial charge in [0.2, 0.25) is 0 Å². The highest BCUT2D eigenvalue weighted by atomic mass is 127. The van der Waals surface area contributed by atoms with Gasteiger partial charge in [0, 0.05) is 3.92 Å². The molecule has 0 saturated heterocycles. The first kappa shape index (κ1) is 13.8. The molecule has 0 radical (unpaired) electrons. The smallest absolute Gasteiger partial charge is 0.0138 e. The van der Waals surface area contributed by atoms with E-state index in [1.807, 2.05) is 7.05 Å². The standard InChI is InChI=1S/C13H26IN/c1-15-11-7-3-6-10-13(14)12-8-4-2-5-9-12/h12-13,15H,2-11H2,1H3. The van der Waals surface area contributed by atoms with Crippen LogP contribution in [0.1, 0.15) is 57.8 Å². The van der Waals surface area contributed by atoms with Gasteiger partial charge >= 0.3 is 0 Å². The monoisotopic (exact) mass is 323 g/mol. The van der Waals surface area contributed by atoms with Crippen LogP contribution in [0.2, 0.25) is 0 Å². The molecule has 1 N–H and O–H groups in total. The van der Waals surface area contributed by atoms with E-state index in [-0.39, 0.29) is 0 Å². The predicted molar refractivity (Wildman–Crippen MR) is 76.8 cm³/mol. The van der Waals surface area contributed by atoms with E-state index in [0.717, 1.165) is 9.84 Å². The highest BCUT2D eigenvalue weighted by molar-refractivity contribution is 14.1. The van der Waals surface area contributed by atoms with E-state index in [1.54, 1.807) is 0 Å². The molecule has 0 aromatic carbocycles. The minimum absolute atomic E-state index is 0.956. The summed E-state index contributed by atoms with van der Waals surface area (Å²) in [5, 5.41) is 3.22. The Bertz CT molecular complexity index is 143. The molecule has 0 aromatic rings. The maximum Gasteiger partial charge on any atom is 0.0138 e. The second-order valence-electron chi connectivity index (χ2n) is 4.87. The molecular formula is C13H26IN. The zero-order chi connectivity index (χ0) is 10.9. The van der Waals surface area contributed by atoms with Gasteiger partial charge in [-0.05, 0) is 45.2 Å². The van der Waals surface area contributed by atoms with Crippen molar-refractivity contribution >= 4 is 22.6 Å². The fourth-order valence-electron chi connectivity index (χ4n) is 2.55. The van der Waals surface area contributed by atoms with Gasteiger partial charge in [0.05, 0.1) is 0 Å². The lowest BCUT2D eigenvalue weighted by atomic mass is 9.85. The van der Waals surface area contributed by atoms with Crippen LogP contribution in [0.5, 0.6) is 0 Å². The maximum atomic E-state index is 3.22. The topological polar surface area (TPSA) is 12.0 Å². The Labute approximate surface area is 109 Å². The van der Waals surface area contributed by atoms with Gasteiger partial charge < -0.3 is 5.32 Å². The Morgan fingerprint density at radius 3 is 2.53 bits per heavy atom. The minimum atomic E-state index is 0.956. The van der Waals surface area contributed by atoms with Crippen molar-refractivity contribution in [3.8, 4) is 0 Å². The lowest BCUT2D eigenvalue weighted by Gasteiger charge is -2.26. The molecule has 90 valence electrons. The lowest BCUT2D eigenvalue weighted by Crippen LogP contribution is -2.17. The molecule has 0 spiro atoms. The molecule has 0 aromatic heterocycles. The average Bonchev–Trinajstić information content (AvgIpc) is 2.30. The van der Waals surface area contributed by atoms with Gasteiger partial charge in [-0.1, -0.05) is 54.7 Å². The van der Waals surface area contributed by atoms with Gasteiger partial charge in [0.1, 0.15) is 0 Å². The second-order valence-corrected chi connectivity index (χ2v) is 6.47. The lowest BCUT2D eigenvalue weighted by molar-refractivity contribution is 0.344. The summed E-state index contributed by atoms with van der Waals surface area (Å²) in [6, 6.07) is 0. The molecule has 2 heteroatoms. The highest BCUT2D eigenvalue weighted by Gasteiger charge is 2.20. The predicted octanol–water partition coefficient (Wildman–Crippen LogP) is 4.15. The normalized spacial score (nSPS) is 20.4. The van der Waals surface area contributed by atoms with Gasteiger partial charge in [-0.2, -0.15) is 0 Å². The molecule has 1 fully saturated rings. The summed E-state index contributed by atoms with van der Waals surface area (Å²) in [5.74, 6) is 1.05. The van der Waals surface area contributed by atoms with Crippen molar-refractivity contribution < 1.29 is 0 Å². The van der Waals surface area contributed by atoms with Crippen LogP contribution in [0.3, 0.4) is 0 Å². The van der Waals surface area contributed by atoms with Gasteiger partial charge in [-0.25, -0.2) is 0 Å². The second kappa shape index (κ2) is 8.80. The molecule has 0 aliphatic heterocycles. The molecule has 1 atom stereocenters. The Balaban J connectivity index is 1.99. The molecule has 1 rings (SSSR count). The molecule has 0 amide bonds. The quantitative estimate of drug-likeness (QED) is 0.422. The summed E-state index contributed by atoms with van der Waals surface area (Å²) in [5.41, 5.74) is 0. The molecule has 0 bridgehead atoms. The van der Waals surface area contributed by atoms with Crippen molar-refractivity contribution in [1.82, 2.24) is 5.32 Å². The molecule has 1 unspecified atom stereocenters. The zero-order valence-corrected chi connectivity index (χ0v) is 12.3. The van der Waals surface area contributed by atoms with E-state index < -0.39 is 0 Å². The molecule has 1 saturated carbocycles. The van der Waals surface area contributed by atoms with Crippen LogP contribution >= 0.6 is 22.6 Å². The molecule has 0 heterocycles. The summed E-state index contributed by atoms with van der Waals surface area (Å²) >= 11 is 2.71. The average molecular weight is 323 g/mol. The molecule has 1 aliphatic rings. The molecular weight excluding hydrogens is 297 g/mol. The molecule has 15 heavy (non-hydrogen) atoms. The number of halogens is 1. The van der Waals surface area contributed by atoms with Crippen LogP contribution < -0.4 is 5.32 Å². The Hall–Kier alpha value is 0.690. The zero-order valence-electron chi connectivity index (χ0n) is 10.1. The minimum Gasteiger partial charge on any atom is -0.320 e. The van der Waals surface area contributed by atoms with E-state index in [4.69, 9.17) is 0 Å². The third-order valence-electron chi connectivity index (χ3n) is 3.57. The summed E-state index contributed by atoms with van der Waals surface area (Å²) in [7, 11) is 2.04. The SMILES string of the molecule is CNCCCCCC(I)C1CCCCC1. The number of alkyl halides is 1. The van der Waals surface area contributed by atoms with Crippen LogP contribution in [-0.4, -0.2) is 17.5 Å². The van der Waals surface area contributed by atoms with Crippen LogP contribution in [0, 0.1) is 5.92 Å². The van der Waals surface area contributed by atoms with Gasteiger partial charge in [-0.15, -0.1) is 0 Å². The van der Waals surface area contributed by atoms with Crippen LogP contribution in [0.25, 0.3) is 0 Å². The van der Waals surface area contributed by atoms with Crippen molar-refractivity contribution in [2.45, 2.75) is 61.7 Å². The number of nitrogens with one attached hydrogen (secondary N) is 1. The van der Waals surface area contributed by atoms with E-state index >= 15 is 0 Å². The Morgan fingerprint density at radius 1 is 1.13 bits per heavy atom. The highest BCUT2D eigenvalue weighted by Crippen LogP contribution is 2.32. The number of hydrogen-bond donors (Lipinski definition) is 1. The summed E-state index contributed by atoms with van der Waals surface area (Å²) in [6.07, 6.45) is 13.1. The van der Waals surface area contributed by atoms with Gasteiger partial charge in [-0.3, -0.25) is 0 Å². The largest absolute Gasteiger partial charge is 0.320 e. The van der Waals surface area contributed by atoms with Crippen molar-refractivity contribution in [2.24, 2.45) is 5.92 Å². The summed E-state index contributed by atoms with van der Waals surface area (Å²) in [4.78, 5) is 0. The van der Waals surface area contributed by atoms with Gasteiger partial charge in [0.25, 0.3) is 0 Å². The summed E-state index contributed by atoms with van der Waals surface area (Å²) in [6.45, 7) is 1.19. The number of unbranched alkanes of at least 4 members (excludes halogenated alkanes) is 2. The van der Waals surface area contributed by atoms with Crippen molar-refractivity contribution in [3.05, 3.63) is 0 Å². The third kappa shape index (κ3) is 6.10. The fourth-order valence-corrected chi connectivity index (χ4v) is 3.71. The van der Waals surface area contributed by atoms with Crippen molar-refractivity contribution in [3.63, 3.8) is 0 Å². The maximum absolute atomic E-state index is 3.22. The summed E-state index contributed by atoms with van der Waals surface area (Å²) < 4.78 is 0.956. The number of hydrogen-bond acceptors (Lipinski definition) is 1. The molecule has 1 aliphatic carbocycles. The van der Waals surface area contributed by atoms with Crippen LogP contribution in [0.4, 0.5) is 0 Å². The first-order valence-corrected chi connectivity index (χ1v) is 7.88. The van der Waals surface area contributed by atoms with Crippen LogP contribution in [0.15, 0.2) is 0 Å². The van der Waals surface area contributed by atoms with E-state index in [9.17, 15) is 0 Å². The van der Waals surface area contributed by atoms with Gasteiger partial charge in [0.15, 0.2) is 0 Å². The van der Waals surface area contributed by atoms with E-state index in [2.05, 4.69) is 27.9 Å². The van der Waals surface area contributed by atoms with Crippen LogP contribution in [-0.2, 0) is 0 Å². The fraction of sp³-hybridized carbons (Fsp3) is 1.00. The first-order valence-electron chi connectivity index (χ1n) is 6.63. The van der Waals surface area contributed by atoms with E-state index in [0.29, 0.717) is 0 Å². The number of rotatable bonds is 7. The molecule has 1 nitrogen and oxygen atoms in total. The van der Waals surface area contributed by atoms with Crippen molar-refractivity contribution in [1.29, 1.82) is 0 Å². The van der Waals surface area contributed by atoms with E-state index in [1.165, 1.54) is 64.3 Å². The Morgan fingerprint density at radius 2 is 1.87 bits per heavy atom. The van der Waals surface area contributed by atoms with Crippen molar-refractivity contribution in [2.75, 3.05) is 13.6 Å². The third-order valence-corrected chi connectivity index (χ3v) is 5.21. The Kier molecular flexibility index (Phi) is 8.07. The first-order chi connectivity index (χ1) is 7.34.